The number of rotatable bonds is 15. The molecule has 0 aliphatic carbocycles. The molecule has 2 atom stereocenters. The SMILES string of the molecule is CCCC(CCNCCC(CN(C)S(=O)(=O)c1ccccc1)c1ccccc1)(C(N)=O)c1ccccc1. The Morgan fingerprint density at radius 1 is 0.892 bits per heavy atom. The fourth-order valence-corrected chi connectivity index (χ4v) is 6.20. The van der Waals surface area contributed by atoms with E-state index in [1.54, 1.807) is 31.3 Å². The van der Waals surface area contributed by atoms with Crippen LogP contribution in [0.25, 0.3) is 0 Å². The fraction of sp³-hybridized carbons (Fsp3) is 0.367. The maximum absolute atomic E-state index is 13.1. The summed E-state index contributed by atoms with van der Waals surface area (Å²) in [5, 5.41) is 3.49. The summed E-state index contributed by atoms with van der Waals surface area (Å²) in [4.78, 5) is 12.9. The Balaban J connectivity index is 1.66. The molecule has 2 unspecified atom stereocenters. The van der Waals surface area contributed by atoms with Gasteiger partial charge >= 0.3 is 0 Å². The normalized spacial score (nSPS) is 14.2. The van der Waals surface area contributed by atoms with Crippen molar-refractivity contribution in [3.63, 3.8) is 0 Å². The Labute approximate surface area is 221 Å². The number of nitrogens with two attached hydrogens (primary N) is 1. The highest BCUT2D eigenvalue weighted by atomic mass is 32.2. The molecule has 3 N–H and O–H groups in total. The number of nitrogens with one attached hydrogen (secondary N) is 1. The zero-order chi connectivity index (χ0) is 26.7. The molecule has 7 heteroatoms. The van der Waals surface area contributed by atoms with Crippen LogP contribution in [0.1, 0.15) is 49.7 Å². The van der Waals surface area contributed by atoms with E-state index in [0.717, 1.165) is 24.0 Å². The van der Waals surface area contributed by atoms with Crippen molar-refractivity contribution in [2.75, 3.05) is 26.7 Å². The zero-order valence-corrected chi connectivity index (χ0v) is 22.7. The fourth-order valence-electron chi connectivity index (χ4n) is 4.96. The maximum atomic E-state index is 13.1. The van der Waals surface area contributed by atoms with Crippen molar-refractivity contribution in [2.24, 2.45) is 5.73 Å². The number of benzene rings is 3. The molecule has 3 rings (SSSR count). The van der Waals surface area contributed by atoms with Crippen LogP contribution in [-0.2, 0) is 20.2 Å². The Hall–Kier alpha value is -3.00. The van der Waals surface area contributed by atoms with E-state index in [0.29, 0.717) is 37.4 Å². The molecule has 198 valence electrons. The van der Waals surface area contributed by atoms with Gasteiger partial charge in [-0.2, -0.15) is 0 Å². The van der Waals surface area contributed by atoms with Crippen molar-refractivity contribution in [2.45, 2.75) is 48.8 Å². The number of carbonyl (C=O) groups is 1. The van der Waals surface area contributed by atoms with E-state index >= 15 is 0 Å². The van der Waals surface area contributed by atoms with Gasteiger partial charge in [0.05, 0.1) is 10.3 Å². The average Bonchev–Trinajstić information content (AvgIpc) is 2.92. The lowest BCUT2D eigenvalue weighted by Gasteiger charge is -2.31. The molecular weight excluding hydrogens is 482 g/mol. The van der Waals surface area contributed by atoms with Gasteiger partial charge in [-0.3, -0.25) is 4.79 Å². The van der Waals surface area contributed by atoms with Gasteiger partial charge in [-0.25, -0.2) is 12.7 Å². The number of hydrogen-bond donors (Lipinski definition) is 2. The van der Waals surface area contributed by atoms with E-state index in [-0.39, 0.29) is 11.8 Å². The predicted octanol–water partition coefficient (Wildman–Crippen LogP) is 4.68. The summed E-state index contributed by atoms with van der Waals surface area (Å²) in [6.45, 7) is 3.76. The minimum atomic E-state index is -3.58. The van der Waals surface area contributed by atoms with Crippen molar-refractivity contribution < 1.29 is 13.2 Å². The zero-order valence-electron chi connectivity index (χ0n) is 21.8. The highest BCUT2D eigenvalue weighted by Crippen LogP contribution is 2.33. The van der Waals surface area contributed by atoms with Crippen molar-refractivity contribution in [3.05, 3.63) is 102 Å². The van der Waals surface area contributed by atoms with Gasteiger partial charge < -0.3 is 11.1 Å². The second-order valence-corrected chi connectivity index (χ2v) is 11.6. The standard InChI is InChI=1S/C30H39N3O3S/c1-3-20-30(29(31)34,27-15-9-5-10-16-27)21-23-32-22-19-26(25-13-7-4-8-14-25)24-33(2)37(35,36)28-17-11-6-12-18-28/h4-18,26,32H,3,19-24H2,1-2H3,(H2,31,34). The quantitative estimate of drug-likeness (QED) is 0.284. The number of likely N-dealkylation sites (N-methyl/N-ethyl adjacent to an activating group) is 1. The van der Waals surface area contributed by atoms with Gasteiger partial charge in [0, 0.05) is 13.6 Å². The summed E-state index contributed by atoms with van der Waals surface area (Å²) in [5.74, 6) is -0.278. The first-order chi connectivity index (χ1) is 17.8. The first-order valence-corrected chi connectivity index (χ1v) is 14.4. The summed E-state index contributed by atoms with van der Waals surface area (Å²) >= 11 is 0. The number of primary amides is 1. The van der Waals surface area contributed by atoms with Crippen molar-refractivity contribution in [1.82, 2.24) is 9.62 Å². The molecule has 0 radical (unpaired) electrons. The van der Waals surface area contributed by atoms with Gasteiger partial charge in [0.25, 0.3) is 0 Å². The van der Waals surface area contributed by atoms with Crippen molar-refractivity contribution in [3.8, 4) is 0 Å². The number of hydrogen-bond acceptors (Lipinski definition) is 4. The van der Waals surface area contributed by atoms with Gasteiger partial charge in [-0.1, -0.05) is 92.2 Å². The second kappa shape index (κ2) is 13.5. The van der Waals surface area contributed by atoms with Crippen LogP contribution in [0.2, 0.25) is 0 Å². The maximum Gasteiger partial charge on any atom is 0.242 e. The monoisotopic (exact) mass is 521 g/mol. The third-order valence-electron chi connectivity index (χ3n) is 7.07. The Kier molecular flexibility index (Phi) is 10.4. The molecular formula is C30H39N3O3S. The van der Waals surface area contributed by atoms with Crippen LogP contribution in [0.15, 0.2) is 95.9 Å². The number of nitrogens with zero attached hydrogens (tertiary/aromatic N) is 1. The molecule has 0 spiro atoms. The molecule has 0 aliphatic heterocycles. The molecule has 6 nitrogen and oxygen atoms in total. The highest BCUT2D eigenvalue weighted by molar-refractivity contribution is 7.89. The lowest BCUT2D eigenvalue weighted by molar-refractivity contribution is -0.124. The van der Waals surface area contributed by atoms with E-state index in [1.807, 2.05) is 66.7 Å². The first kappa shape index (κ1) is 28.6. The van der Waals surface area contributed by atoms with Gasteiger partial charge in [-0.15, -0.1) is 0 Å². The lowest BCUT2D eigenvalue weighted by atomic mass is 9.73. The van der Waals surface area contributed by atoms with Gasteiger partial charge in [0.1, 0.15) is 0 Å². The summed E-state index contributed by atoms with van der Waals surface area (Å²) in [6, 6.07) is 28.3. The minimum Gasteiger partial charge on any atom is -0.369 e. The van der Waals surface area contributed by atoms with Crippen LogP contribution >= 0.6 is 0 Å². The number of amides is 1. The molecule has 0 fully saturated rings. The third kappa shape index (κ3) is 7.28. The van der Waals surface area contributed by atoms with Crippen molar-refractivity contribution in [1.29, 1.82) is 0 Å². The van der Waals surface area contributed by atoms with E-state index in [2.05, 4.69) is 12.2 Å². The third-order valence-corrected chi connectivity index (χ3v) is 8.91. The highest BCUT2D eigenvalue weighted by Gasteiger charge is 2.37. The topological polar surface area (TPSA) is 92.5 Å². The molecule has 37 heavy (non-hydrogen) atoms. The van der Waals surface area contributed by atoms with Gasteiger partial charge in [0.15, 0.2) is 0 Å². The van der Waals surface area contributed by atoms with Gasteiger partial charge in [-0.05, 0) is 61.5 Å². The first-order valence-electron chi connectivity index (χ1n) is 12.9. The van der Waals surface area contributed by atoms with Crippen LogP contribution in [-0.4, -0.2) is 45.3 Å². The largest absolute Gasteiger partial charge is 0.369 e. The van der Waals surface area contributed by atoms with Gasteiger partial charge in [0.2, 0.25) is 15.9 Å². The van der Waals surface area contributed by atoms with Crippen LogP contribution < -0.4 is 11.1 Å². The Morgan fingerprint density at radius 2 is 1.46 bits per heavy atom. The van der Waals surface area contributed by atoms with E-state index in [4.69, 9.17) is 5.73 Å². The van der Waals surface area contributed by atoms with Crippen LogP contribution in [0.3, 0.4) is 0 Å². The van der Waals surface area contributed by atoms with E-state index in [9.17, 15) is 13.2 Å². The number of carbonyl (C=O) groups excluding carboxylic acids is 1. The smallest absolute Gasteiger partial charge is 0.242 e. The molecule has 0 heterocycles. The summed E-state index contributed by atoms with van der Waals surface area (Å²) in [5.41, 5.74) is 7.30. The Morgan fingerprint density at radius 3 is 2.03 bits per heavy atom. The Bertz CT molecular complexity index is 1200. The predicted molar refractivity (Wildman–Crippen MR) is 150 cm³/mol. The van der Waals surface area contributed by atoms with Crippen LogP contribution in [0.4, 0.5) is 0 Å². The van der Waals surface area contributed by atoms with Crippen molar-refractivity contribution >= 4 is 15.9 Å². The summed E-state index contributed by atoms with van der Waals surface area (Å²) in [6.07, 6.45) is 2.92. The molecule has 3 aromatic carbocycles. The second-order valence-electron chi connectivity index (χ2n) is 9.56. The van der Waals surface area contributed by atoms with E-state index < -0.39 is 15.4 Å². The molecule has 0 saturated heterocycles. The molecule has 0 saturated carbocycles. The average molecular weight is 522 g/mol. The van der Waals surface area contributed by atoms with Crippen LogP contribution in [0, 0.1) is 0 Å². The van der Waals surface area contributed by atoms with Crippen LogP contribution in [0.5, 0.6) is 0 Å². The summed E-state index contributed by atoms with van der Waals surface area (Å²) in [7, 11) is -1.95. The lowest BCUT2D eigenvalue weighted by Crippen LogP contribution is -2.43. The number of sulfonamides is 1. The minimum absolute atomic E-state index is 0.0165. The van der Waals surface area contributed by atoms with E-state index in [1.165, 1.54) is 4.31 Å². The molecule has 1 amide bonds. The molecule has 0 aromatic heterocycles. The summed E-state index contributed by atoms with van der Waals surface area (Å²) < 4.78 is 27.7. The molecule has 0 bridgehead atoms. The molecule has 0 aliphatic rings. The molecule has 3 aromatic rings.